The smallest absolute Gasteiger partial charge is 0.139 e. The number of furan rings is 2. The van der Waals surface area contributed by atoms with E-state index in [1.165, 1.54) is 131 Å². The number of benzene rings is 11. The van der Waals surface area contributed by atoms with Crippen LogP contribution in [-0.4, -0.2) is 8.80 Å². The second-order valence-corrected chi connectivity index (χ2v) is 22.6. The number of hydrogen-bond donors (Lipinski definition) is 0. The zero-order valence-corrected chi connectivity index (χ0v) is 43.8. The number of rotatable bonds is 8. The van der Waals surface area contributed by atoms with Crippen molar-refractivity contribution in [1.82, 2.24) is 8.80 Å². The van der Waals surface area contributed by atoms with Gasteiger partial charge in [0.05, 0.1) is 33.1 Å². The lowest BCUT2D eigenvalue weighted by atomic mass is 9.84. The van der Waals surface area contributed by atoms with Gasteiger partial charge in [-0.2, -0.15) is 0 Å². The topological polar surface area (TPSA) is 35.1 Å². The van der Waals surface area contributed by atoms with E-state index in [4.69, 9.17) is 8.83 Å². The first-order valence-electron chi connectivity index (χ1n) is 27.7. The number of para-hydroxylation sites is 6. The van der Waals surface area contributed by atoms with Crippen LogP contribution in [0.15, 0.2) is 227 Å². The summed E-state index contributed by atoms with van der Waals surface area (Å²) >= 11 is 0. The van der Waals surface area contributed by atoms with Gasteiger partial charge < -0.3 is 17.6 Å². The lowest BCUT2D eigenvalue weighted by Crippen LogP contribution is -2.04. The van der Waals surface area contributed by atoms with Gasteiger partial charge in [0.2, 0.25) is 0 Å². The van der Waals surface area contributed by atoms with Crippen molar-refractivity contribution in [2.24, 2.45) is 0 Å². The fourth-order valence-electron chi connectivity index (χ4n) is 14.3. The van der Waals surface area contributed by atoms with Gasteiger partial charge in [0.1, 0.15) is 22.3 Å². The fraction of sp³-hybridized carbons (Fsp3) is 0.108. The minimum atomic E-state index is -0.0446. The first-order valence-corrected chi connectivity index (χ1v) is 27.7. The molecular formula is C74H52N2O2. The van der Waals surface area contributed by atoms with Crippen LogP contribution in [0.4, 0.5) is 0 Å². The standard InChI is InChI=1S/C74H52N2O2/c1-41(2)47-21-11-27-53-55-29-15-31-57(73(55)77-71(47)53)67(43-17-7-5-8-18-43)45-33-35-63-59(37-45)49-23-13-25-51-61-40-66-62(39-65(61)75(63)69(49)51)52-26-14-24-50-60-38-46(34-36-64(60)76(66)70(50)52)68(44-19-9-6-10-20-44)58-32-16-30-56-54-28-12-22-48(42(3)4)72(54)78-74(56)58/h5-42,67-68H,1-4H3. The molecule has 0 radical (unpaired) electrons. The van der Waals surface area contributed by atoms with E-state index in [1.807, 2.05) is 0 Å². The highest BCUT2D eigenvalue weighted by atomic mass is 16.3. The molecule has 78 heavy (non-hydrogen) atoms. The summed E-state index contributed by atoms with van der Waals surface area (Å²) in [5.74, 6) is 0.607. The van der Waals surface area contributed by atoms with Crippen molar-refractivity contribution in [3.63, 3.8) is 0 Å². The van der Waals surface area contributed by atoms with Crippen molar-refractivity contribution in [2.75, 3.05) is 0 Å². The lowest BCUT2D eigenvalue weighted by Gasteiger charge is -2.19. The molecular weight excluding hydrogens is 949 g/mol. The molecule has 17 rings (SSSR count). The molecule has 0 aliphatic rings. The van der Waals surface area contributed by atoms with E-state index in [9.17, 15) is 0 Å². The highest BCUT2D eigenvalue weighted by Crippen LogP contribution is 2.49. The van der Waals surface area contributed by atoms with Crippen LogP contribution in [0, 0.1) is 0 Å². The Morgan fingerprint density at radius 3 is 0.949 bits per heavy atom. The zero-order valence-electron chi connectivity index (χ0n) is 43.8. The van der Waals surface area contributed by atoms with Crippen molar-refractivity contribution >= 4 is 120 Å². The SMILES string of the molecule is CC(C)c1cccc2c1oc1c(C(c3ccccc3)c3ccc4c(c3)c3cccc5c6cc7c(cc6n4c35)c3cccc4c5cc(C(c6ccccc6)c6cccc8c6oc6c(C(C)C)cccc68)ccc5n7c43)cccc12. The van der Waals surface area contributed by atoms with E-state index in [-0.39, 0.29) is 11.8 Å². The maximum Gasteiger partial charge on any atom is 0.139 e. The summed E-state index contributed by atoms with van der Waals surface area (Å²) in [7, 11) is 0. The molecule has 0 saturated heterocycles. The summed E-state index contributed by atoms with van der Waals surface area (Å²) < 4.78 is 19.1. The Bertz CT molecular complexity index is 4950. The molecule has 0 fully saturated rings. The van der Waals surface area contributed by atoms with Crippen LogP contribution in [0.1, 0.15) is 95.9 Å². The quantitative estimate of drug-likeness (QED) is 0.142. The predicted octanol–water partition coefficient (Wildman–Crippen LogP) is 20.4. The maximum atomic E-state index is 6.99. The number of nitrogens with zero attached hydrogens (tertiary/aromatic N) is 2. The third-order valence-corrected chi connectivity index (χ3v) is 17.8. The van der Waals surface area contributed by atoms with E-state index in [2.05, 4.69) is 255 Å². The minimum absolute atomic E-state index is 0.0446. The molecule has 2 atom stereocenters. The first kappa shape index (κ1) is 43.8. The van der Waals surface area contributed by atoms with E-state index < -0.39 is 0 Å². The van der Waals surface area contributed by atoms with Gasteiger partial charge in [-0.3, -0.25) is 0 Å². The van der Waals surface area contributed by atoms with Gasteiger partial charge in [-0.15, -0.1) is 0 Å². The van der Waals surface area contributed by atoms with Crippen molar-refractivity contribution < 1.29 is 8.83 Å². The summed E-state index contributed by atoms with van der Waals surface area (Å²) in [6.07, 6.45) is 0. The molecule has 0 aliphatic carbocycles. The molecule has 6 aromatic heterocycles. The predicted molar refractivity (Wildman–Crippen MR) is 326 cm³/mol. The molecule has 4 heteroatoms. The van der Waals surface area contributed by atoms with Gasteiger partial charge >= 0.3 is 0 Å². The zero-order chi connectivity index (χ0) is 51.7. The highest BCUT2D eigenvalue weighted by Gasteiger charge is 2.29. The fourth-order valence-corrected chi connectivity index (χ4v) is 14.3. The van der Waals surface area contributed by atoms with Crippen molar-refractivity contribution in [3.8, 4) is 0 Å². The van der Waals surface area contributed by atoms with Gasteiger partial charge in [0.15, 0.2) is 0 Å². The molecule has 0 bridgehead atoms. The molecule has 6 heterocycles. The molecule has 0 spiro atoms. The molecule has 17 aromatic rings. The van der Waals surface area contributed by atoms with Crippen LogP contribution in [0.2, 0.25) is 0 Å². The van der Waals surface area contributed by atoms with Crippen LogP contribution in [0.5, 0.6) is 0 Å². The Hall–Kier alpha value is -9.38. The average Bonchev–Trinajstić information content (AvgIpc) is 4.41. The van der Waals surface area contributed by atoms with Crippen LogP contribution < -0.4 is 0 Å². The van der Waals surface area contributed by atoms with Crippen LogP contribution >= 0.6 is 0 Å². The summed E-state index contributed by atoms with van der Waals surface area (Å²) in [5.41, 5.74) is 21.2. The lowest BCUT2D eigenvalue weighted by molar-refractivity contribution is 0.649. The van der Waals surface area contributed by atoms with E-state index in [0.717, 1.165) is 33.1 Å². The molecule has 0 N–H and O–H groups in total. The Kier molecular flexibility index (Phi) is 9.03. The van der Waals surface area contributed by atoms with Gasteiger partial charge in [0, 0.05) is 87.6 Å². The summed E-state index contributed by atoms with van der Waals surface area (Å²) in [5, 5.41) is 14.8. The summed E-state index contributed by atoms with van der Waals surface area (Å²) in [6, 6.07) is 81.7. The summed E-state index contributed by atoms with van der Waals surface area (Å²) in [6.45, 7) is 8.99. The molecule has 11 aromatic carbocycles. The molecule has 0 saturated carbocycles. The Morgan fingerprint density at radius 1 is 0.256 bits per heavy atom. The maximum absolute atomic E-state index is 6.99. The molecule has 370 valence electrons. The minimum Gasteiger partial charge on any atom is -0.455 e. The first-order chi connectivity index (χ1) is 38.4. The van der Waals surface area contributed by atoms with E-state index >= 15 is 0 Å². The number of hydrogen-bond acceptors (Lipinski definition) is 2. The monoisotopic (exact) mass is 1000 g/mol. The van der Waals surface area contributed by atoms with Crippen LogP contribution in [0.25, 0.3) is 120 Å². The second kappa shape index (κ2) is 16.1. The Morgan fingerprint density at radius 2 is 0.577 bits per heavy atom. The van der Waals surface area contributed by atoms with Crippen LogP contribution in [-0.2, 0) is 0 Å². The van der Waals surface area contributed by atoms with Gasteiger partial charge in [0.25, 0.3) is 0 Å². The number of fused-ring (bicyclic) bond motifs is 18. The second-order valence-electron chi connectivity index (χ2n) is 22.6. The van der Waals surface area contributed by atoms with Gasteiger partial charge in [-0.1, -0.05) is 210 Å². The van der Waals surface area contributed by atoms with E-state index in [0.29, 0.717) is 11.8 Å². The van der Waals surface area contributed by atoms with Gasteiger partial charge in [-0.25, -0.2) is 0 Å². The summed E-state index contributed by atoms with van der Waals surface area (Å²) in [4.78, 5) is 0. The number of aromatic nitrogens is 2. The van der Waals surface area contributed by atoms with E-state index in [1.54, 1.807) is 0 Å². The Balaban J connectivity index is 0.847. The Labute approximate surface area is 449 Å². The normalized spacial score (nSPS) is 13.5. The molecule has 0 amide bonds. The van der Waals surface area contributed by atoms with Crippen LogP contribution in [0.3, 0.4) is 0 Å². The third kappa shape index (κ3) is 5.89. The largest absolute Gasteiger partial charge is 0.455 e. The molecule has 4 nitrogen and oxygen atoms in total. The van der Waals surface area contributed by atoms with Crippen molar-refractivity contribution in [3.05, 3.63) is 263 Å². The van der Waals surface area contributed by atoms with Crippen molar-refractivity contribution in [2.45, 2.75) is 51.4 Å². The molecule has 0 aliphatic heterocycles. The average molecular weight is 1000 g/mol. The third-order valence-electron chi connectivity index (χ3n) is 17.8. The van der Waals surface area contributed by atoms with Gasteiger partial charge in [-0.05, 0) is 81.6 Å². The molecule has 2 unspecified atom stereocenters. The van der Waals surface area contributed by atoms with Crippen molar-refractivity contribution in [1.29, 1.82) is 0 Å². The highest BCUT2D eigenvalue weighted by molar-refractivity contribution is 6.29.